The molecule has 2 saturated heterocycles. The van der Waals surface area contributed by atoms with Gasteiger partial charge in [-0.3, -0.25) is 29.0 Å². The van der Waals surface area contributed by atoms with Crippen molar-refractivity contribution in [2.75, 3.05) is 54.0 Å². The first-order valence-electron chi connectivity index (χ1n) is 14.4. The number of tetrazole rings is 1. The van der Waals surface area contributed by atoms with Crippen LogP contribution >= 0.6 is 11.6 Å². The van der Waals surface area contributed by atoms with Crippen LogP contribution in [0.5, 0.6) is 5.75 Å². The number of aliphatic hydroxyl groups excluding tert-OH is 1. The third-order valence-corrected chi connectivity index (χ3v) is 8.57. The van der Waals surface area contributed by atoms with Crippen LogP contribution in [0.2, 0.25) is 5.02 Å². The Kier molecular flexibility index (Phi) is 8.29. The Labute approximate surface area is 257 Å². The number of aromatic nitrogens is 4. The number of hydrogen-bond donors (Lipinski definition) is 1. The summed E-state index contributed by atoms with van der Waals surface area (Å²) in [6.07, 6.45) is 3.15. The molecule has 15 heteroatoms. The second kappa shape index (κ2) is 12.3. The summed E-state index contributed by atoms with van der Waals surface area (Å²) < 4.78 is 7.13. The van der Waals surface area contributed by atoms with E-state index in [0.717, 1.165) is 12.8 Å². The lowest BCUT2D eigenvalue weighted by atomic mass is 9.79. The van der Waals surface area contributed by atoms with E-state index in [2.05, 4.69) is 20.4 Å². The van der Waals surface area contributed by atoms with Gasteiger partial charge in [0.05, 0.1) is 29.3 Å². The molecule has 0 spiro atoms. The summed E-state index contributed by atoms with van der Waals surface area (Å²) in [5.74, 6) is -2.05. The maximum atomic E-state index is 13.7. The number of carbonyl (C=O) groups is 4. The molecule has 6 rings (SSSR count). The number of anilines is 3. The fraction of sp³-hybridized carbons (Fsp3) is 0.414. The second-order valence-electron chi connectivity index (χ2n) is 10.9. The van der Waals surface area contributed by atoms with E-state index in [9.17, 15) is 24.3 Å². The number of hydrogen-bond acceptors (Lipinski definition) is 10. The summed E-state index contributed by atoms with van der Waals surface area (Å²) in [5.41, 5.74) is 1.39. The van der Waals surface area contributed by atoms with Crippen LogP contribution in [0.15, 0.2) is 42.7 Å². The number of amides is 3. The van der Waals surface area contributed by atoms with Crippen molar-refractivity contribution in [1.82, 2.24) is 25.1 Å². The Morgan fingerprint density at radius 3 is 2.27 bits per heavy atom. The molecule has 1 N–H and O–H groups in total. The average molecular weight is 623 g/mol. The minimum absolute atomic E-state index is 0.0527. The van der Waals surface area contributed by atoms with E-state index in [-0.39, 0.29) is 62.0 Å². The molecule has 3 heterocycles. The number of nitrogens with zero attached hydrogens (tertiary/aromatic N) is 8. The highest BCUT2D eigenvalue weighted by Crippen LogP contribution is 2.41. The number of rotatable bonds is 8. The predicted octanol–water partition coefficient (Wildman–Crippen LogP) is 1.43. The molecule has 0 unspecified atom stereocenters. The van der Waals surface area contributed by atoms with Crippen LogP contribution in [0, 0.1) is 5.92 Å². The summed E-state index contributed by atoms with van der Waals surface area (Å²) in [6, 6.07) is 10.0. The molecule has 0 bridgehead atoms. The monoisotopic (exact) mass is 622 g/mol. The maximum absolute atomic E-state index is 13.7. The lowest BCUT2D eigenvalue weighted by Crippen LogP contribution is -2.57. The van der Waals surface area contributed by atoms with Crippen LogP contribution < -0.4 is 19.4 Å². The van der Waals surface area contributed by atoms with Crippen LogP contribution in [0.4, 0.5) is 17.1 Å². The first kappa shape index (κ1) is 29.7. The van der Waals surface area contributed by atoms with E-state index in [1.54, 1.807) is 48.2 Å². The molecule has 230 valence electrons. The molecule has 2 aliphatic heterocycles. The topological polar surface area (TPSA) is 154 Å². The fourth-order valence-electron chi connectivity index (χ4n) is 5.91. The zero-order valence-corrected chi connectivity index (χ0v) is 24.8. The Morgan fingerprint density at radius 2 is 1.64 bits per heavy atom. The Morgan fingerprint density at radius 1 is 0.955 bits per heavy atom. The van der Waals surface area contributed by atoms with E-state index in [1.165, 1.54) is 20.8 Å². The molecule has 0 atom stereocenters. The molecular formula is C29H31ClN8O6. The third-order valence-electron chi connectivity index (χ3n) is 8.34. The minimum Gasteiger partial charge on any atom is -0.422 e. The van der Waals surface area contributed by atoms with Crippen LogP contribution in [-0.4, -0.2) is 99.3 Å². The lowest BCUT2D eigenvalue weighted by Gasteiger charge is -2.45. The predicted molar refractivity (Wildman–Crippen MR) is 159 cm³/mol. The van der Waals surface area contributed by atoms with E-state index in [1.807, 2.05) is 0 Å². The van der Waals surface area contributed by atoms with Crippen molar-refractivity contribution in [3.05, 3.63) is 47.7 Å². The van der Waals surface area contributed by atoms with Crippen molar-refractivity contribution in [3.63, 3.8) is 0 Å². The first-order valence-corrected chi connectivity index (χ1v) is 14.8. The minimum atomic E-state index is -0.843. The summed E-state index contributed by atoms with van der Waals surface area (Å²) in [6.45, 7) is 3.12. The Hall–Kier alpha value is -4.40. The van der Waals surface area contributed by atoms with E-state index in [4.69, 9.17) is 16.3 Å². The maximum Gasteiger partial charge on any atom is 0.317 e. The van der Waals surface area contributed by atoms with Gasteiger partial charge in [0.15, 0.2) is 5.75 Å². The molecule has 3 amide bonds. The molecule has 0 radical (unpaired) electrons. The second-order valence-corrected chi connectivity index (χ2v) is 11.4. The standard InChI is InChI=1S/C29H31ClN8O6/c1-2-26(41)44-27-22(35-9-8-34(15-25(35)40)20-12-18(13-20)16-39)4-3-5-23(27)36-10-11-37(29(43)28(36)42)24-14-19(30)6-7-21(24)38-17-31-32-33-38/h3-7,14,17-18,20,39H,2,8-13,15-16H2,1H3. The molecule has 2 aromatic carbocycles. The van der Waals surface area contributed by atoms with Crippen molar-refractivity contribution in [1.29, 1.82) is 0 Å². The SMILES string of the molecule is CCC(=O)Oc1c(N2CCN(C3CC(CO)C3)CC2=O)cccc1N1CCN(c2cc(Cl)ccc2-n2cnnn2)C(=O)C1=O. The van der Waals surface area contributed by atoms with E-state index >= 15 is 0 Å². The summed E-state index contributed by atoms with van der Waals surface area (Å²) in [5, 5.41) is 20.9. The van der Waals surface area contributed by atoms with Crippen LogP contribution in [0.3, 0.4) is 0 Å². The molecular weight excluding hydrogens is 592 g/mol. The molecule has 1 aromatic heterocycles. The van der Waals surface area contributed by atoms with Gasteiger partial charge in [0.25, 0.3) is 0 Å². The van der Waals surface area contributed by atoms with Gasteiger partial charge in [0, 0.05) is 50.3 Å². The molecule has 3 fully saturated rings. The zero-order chi connectivity index (χ0) is 31.0. The largest absolute Gasteiger partial charge is 0.422 e. The van der Waals surface area contributed by atoms with Gasteiger partial charge in [-0.25, -0.2) is 0 Å². The third kappa shape index (κ3) is 5.51. The van der Waals surface area contributed by atoms with Gasteiger partial charge < -0.3 is 19.6 Å². The molecule has 3 aliphatic rings. The van der Waals surface area contributed by atoms with E-state index < -0.39 is 17.8 Å². The summed E-state index contributed by atoms with van der Waals surface area (Å²) in [4.78, 5) is 59.5. The highest BCUT2D eigenvalue weighted by molar-refractivity contribution is 6.46. The number of halogens is 1. The van der Waals surface area contributed by atoms with Crippen LogP contribution in [0.1, 0.15) is 26.2 Å². The molecule has 3 aromatic rings. The zero-order valence-electron chi connectivity index (χ0n) is 24.0. The van der Waals surface area contributed by atoms with Crippen molar-refractivity contribution in [2.24, 2.45) is 5.92 Å². The average Bonchev–Trinajstić information content (AvgIpc) is 3.53. The van der Waals surface area contributed by atoms with Crippen molar-refractivity contribution in [2.45, 2.75) is 32.2 Å². The number of esters is 1. The number of piperazine rings is 2. The highest BCUT2D eigenvalue weighted by atomic mass is 35.5. The Balaban J connectivity index is 1.28. The number of para-hydroxylation sites is 1. The smallest absolute Gasteiger partial charge is 0.317 e. The summed E-state index contributed by atoms with van der Waals surface area (Å²) in [7, 11) is 0. The molecule has 1 saturated carbocycles. The fourth-order valence-corrected chi connectivity index (χ4v) is 6.07. The van der Waals surface area contributed by atoms with E-state index in [0.29, 0.717) is 35.2 Å². The van der Waals surface area contributed by atoms with Crippen molar-refractivity contribution in [3.8, 4) is 11.4 Å². The number of benzene rings is 2. The van der Waals surface area contributed by atoms with Gasteiger partial charge in [-0.1, -0.05) is 24.6 Å². The van der Waals surface area contributed by atoms with Gasteiger partial charge in [0.2, 0.25) is 5.91 Å². The van der Waals surface area contributed by atoms with Gasteiger partial charge >= 0.3 is 17.8 Å². The Bertz CT molecular complexity index is 1590. The summed E-state index contributed by atoms with van der Waals surface area (Å²) >= 11 is 6.25. The van der Waals surface area contributed by atoms with Gasteiger partial charge in [-0.05, 0) is 59.5 Å². The van der Waals surface area contributed by atoms with Gasteiger partial charge in [0.1, 0.15) is 6.33 Å². The van der Waals surface area contributed by atoms with Crippen LogP contribution in [-0.2, 0) is 19.2 Å². The normalized spacial score (nSPS) is 21.1. The number of aliphatic hydroxyl groups is 1. The quantitative estimate of drug-likeness (QED) is 0.222. The molecule has 14 nitrogen and oxygen atoms in total. The number of ether oxygens (including phenoxy) is 1. The lowest BCUT2D eigenvalue weighted by molar-refractivity contribution is -0.137. The first-order chi connectivity index (χ1) is 21.3. The molecule has 44 heavy (non-hydrogen) atoms. The number of carbonyl (C=O) groups excluding carboxylic acids is 4. The molecule has 1 aliphatic carbocycles. The van der Waals surface area contributed by atoms with Crippen LogP contribution in [0.25, 0.3) is 5.69 Å². The van der Waals surface area contributed by atoms with Crippen molar-refractivity contribution >= 4 is 52.4 Å². The van der Waals surface area contributed by atoms with Gasteiger partial charge in [-0.2, -0.15) is 4.68 Å². The van der Waals surface area contributed by atoms with Gasteiger partial charge in [-0.15, -0.1) is 5.10 Å². The van der Waals surface area contributed by atoms with Crippen molar-refractivity contribution < 1.29 is 29.0 Å². The highest BCUT2D eigenvalue weighted by Gasteiger charge is 2.40.